The normalized spacial score (nSPS) is 11.5. The van der Waals surface area contributed by atoms with Crippen molar-refractivity contribution < 1.29 is 4.42 Å². The minimum absolute atomic E-state index is 0.904. The lowest BCUT2D eigenvalue weighted by atomic mass is 9.84. The summed E-state index contributed by atoms with van der Waals surface area (Å²) < 4.78 is 6.45. The van der Waals surface area contributed by atoms with Crippen molar-refractivity contribution in [3.05, 3.63) is 237 Å². The fraction of sp³-hybridized carbons (Fsp3) is 0. The molecule has 0 fully saturated rings. The SMILES string of the molecule is c1ccc(-c2c(-c3ccccc3)c3cc(-c4cccc(N(c5ccc(-c6cccc7c6oc6ccccc67)cc5)c5ccc6ccccc6c5)c4)ccc3c3ccccc23)cc1. The molecule has 1 aromatic heterocycles. The Morgan fingerprint density at radius 1 is 0.274 bits per heavy atom. The minimum atomic E-state index is 0.904. The van der Waals surface area contributed by atoms with Crippen molar-refractivity contribution in [2.24, 2.45) is 0 Å². The average Bonchev–Trinajstić information content (AvgIpc) is 3.73. The van der Waals surface area contributed by atoms with Crippen molar-refractivity contribution >= 4 is 71.3 Å². The highest BCUT2D eigenvalue weighted by Crippen LogP contribution is 2.46. The van der Waals surface area contributed by atoms with Crippen LogP contribution in [0.4, 0.5) is 17.1 Å². The first kappa shape index (κ1) is 35.7. The first-order chi connectivity index (χ1) is 30.7. The third-order valence-corrected chi connectivity index (χ3v) is 12.4. The Kier molecular flexibility index (Phi) is 8.53. The highest BCUT2D eigenvalue weighted by molar-refractivity contribution is 6.22. The van der Waals surface area contributed by atoms with Crippen LogP contribution in [0.3, 0.4) is 0 Å². The molecule has 1 heterocycles. The minimum Gasteiger partial charge on any atom is -0.455 e. The molecule has 0 bridgehead atoms. The molecule has 0 aliphatic carbocycles. The Morgan fingerprint density at radius 2 is 0.823 bits per heavy atom. The zero-order chi connectivity index (χ0) is 41.0. The number of anilines is 3. The number of nitrogens with zero attached hydrogens (tertiary/aromatic N) is 1. The Morgan fingerprint density at radius 3 is 1.61 bits per heavy atom. The molecular formula is C60H39NO. The predicted octanol–water partition coefficient (Wildman–Crippen LogP) is 17.2. The van der Waals surface area contributed by atoms with Crippen LogP contribution in [0.1, 0.15) is 0 Å². The van der Waals surface area contributed by atoms with Crippen molar-refractivity contribution in [3.8, 4) is 44.5 Å². The standard InChI is InChI=1S/C60H39NO/c1-3-16-42(17-4-1)58-54-25-10-9-23-51(54)52-36-32-46(39-56(52)59(58)43-18-5-2-6-19-43)45-21-13-22-48(38-45)61(49-35-29-40-15-7-8-20-44(40)37-49)47-33-30-41(31-34-47)50-26-14-27-55-53-24-11-12-28-57(53)62-60(50)55/h1-39H. The molecule has 0 spiro atoms. The molecule has 2 heteroatoms. The number of hydrogen-bond acceptors (Lipinski definition) is 2. The summed E-state index contributed by atoms with van der Waals surface area (Å²) in [6.45, 7) is 0. The third-order valence-electron chi connectivity index (χ3n) is 12.4. The van der Waals surface area contributed by atoms with Gasteiger partial charge in [0.1, 0.15) is 11.2 Å². The van der Waals surface area contributed by atoms with E-state index >= 15 is 0 Å². The first-order valence-corrected chi connectivity index (χ1v) is 21.2. The van der Waals surface area contributed by atoms with E-state index < -0.39 is 0 Å². The number of fused-ring (bicyclic) bond motifs is 7. The number of benzene rings is 11. The quantitative estimate of drug-likeness (QED) is 0.150. The average molecular weight is 790 g/mol. The first-order valence-electron chi connectivity index (χ1n) is 21.2. The van der Waals surface area contributed by atoms with E-state index in [0.29, 0.717) is 0 Å². The van der Waals surface area contributed by atoms with Crippen LogP contribution >= 0.6 is 0 Å². The van der Waals surface area contributed by atoms with Gasteiger partial charge >= 0.3 is 0 Å². The fourth-order valence-electron chi connectivity index (χ4n) is 9.53. The summed E-state index contributed by atoms with van der Waals surface area (Å²) in [4.78, 5) is 2.37. The van der Waals surface area contributed by atoms with E-state index in [1.807, 2.05) is 12.1 Å². The van der Waals surface area contributed by atoms with Crippen LogP contribution in [0.25, 0.3) is 98.8 Å². The topological polar surface area (TPSA) is 16.4 Å². The van der Waals surface area contributed by atoms with Gasteiger partial charge in [-0.1, -0.05) is 188 Å². The molecule has 0 atom stereocenters. The van der Waals surface area contributed by atoms with Gasteiger partial charge in [-0.25, -0.2) is 0 Å². The van der Waals surface area contributed by atoms with Gasteiger partial charge in [0.05, 0.1) is 0 Å². The second-order valence-electron chi connectivity index (χ2n) is 16.0. The Hall–Kier alpha value is -8.20. The van der Waals surface area contributed by atoms with Gasteiger partial charge in [-0.3, -0.25) is 0 Å². The lowest BCUT2D eigenvalue weighted by molar-refractivity contribution is 0.670. The lowest BCUT2D eigenvalue weighted by Crippen LogP contribution is -2.10. The molecule has 12 aromatic rings. The maximum absolute atomic E-state index is 6.45. The van der Waals surface area contributed by atoms with E-state index in [-0.39, 0.29) is 0 Å². The second kappa shape index (κ2) is 14.8. The number of rotatable bonds is 7. The van der Waals surface area contributed by atoms with E-state index in [4.69, 9.17) is 4.42 Å². The van der Waals surface area contributed by atoms with Gasteiger partial charge in [0.15, 0.2) is 0 Å². The van der Waals surface area contributed by atoms with E-state index in [0.717, 1.165) is 55.7 Å². The van der Waals surface area contributed by atoms with Gasteiger partial charge in [-0.15, -0.1) is 0 Å². The van der Waals surface area contributed by atoms with Crippen molar-refractivity contribution in [2.45, 2.75) is 0 Å². The second-order valence-corrected chi connectivity index (χ2v) is 16.0. The molecule has 0 saturated heterocycles. The maximum Gasteiger partial charge on any atom is 0.143 e. The Bertz CT molecular complexity index is 3620. The molecule has 0 aliphatic rings. The smallest absolute Gasteiger partial charge is 0.143 e. The van der Waals surface area contributed by atoms with Crippen LogP contribution in [0.5, 0.6) is 0 Å². The summed E-state index contributed by atoms with van der Waals surface area (Å²) in [5, 5.41) is 9.67. The molecule has 0 N–H and O–H groups in total. The third kappa shape index (κ3) is 6.04. The Labute approximate surface area is 360 Å². The van der Waals surface area contributed by atoms with E-state index in [9.17, 15) is 0 Å². The molecule has 0 unspecified atom stereocenters. The zero-order valence-electron chi connectivity index (χ0n) is 33.9. The number of hydrogen-bond donors (Lipinski definition) is 0. The van der Waals surface area contributed by atoms with Gasteiger partial charge in [0.25, 0.3) is 0 Å². The summed E-state index contributed by atoms with van der Waals surface area (Å²) in [5.41, 5.74) is 14.5. The molecule has 12 rings (SSSR count). The van der Waals surface area contributed by atoms with Gasteiger partial charge in [-0.2, -0.15) is 0 Å². The Balaban J connectivity index is 1.02. The number of furan rings is 1. The van der Waals surface area contributed by atoms with Crippen molar-refractivity contribution in [1.29, 1.82) is 0 Å². The molecule has 0 amide bonds. The van der Waals surface area contributed by atoms with E-state index in [1.165, 1.54) is 60.1 Å². The highest BCUT2D eigenvalue weighted by atomic mass is 16.3. The number of para-hydroxylation sites is 2. The van der Waals surface area contributed by atoms with Crippen LogP contribution in [0.15, 0.2) is 241 Å². The van der Waals surface area contributed by atoms with Crippen LogP contribution in [-0.4, -0.2) is 0 Å². The predicted molar refractivity (Wildman–Crippen MR) is 263 cm³/mol. The summed E-state index contributed by atoms with van der Waals surface area (Å²) >= 11 is 0. The molecule has 11 aromatic carbocycles. The summed E-state index contributed by atoms with van der Waals surface area (Å²) in [5.74, 6) is 0. The van der Waals surface area contributed by atoms with Crippen molar-refractivity contribution in [3.63, 3.8) is 0 Å². The molecule has 290 valence electrons. The summed E-state index contributed by atoms with van der Waals surface area (Å²) in [6.07, 6.45) is 0. The molecule has 62 heavy (non-hydrogen) atoms. The molecular weight excluding hydrogens is 751 g/mol. The van der Waals surface area contributed by atoms with Crippen molar-refractivity contribution in [2.75, 3.05) is 4.90 Å². The monoisotopic (exact) mass is 789 g/mol. The largest absolute Gasteiger partial charge is 0.455 e. The van der Waals surface area contributed by atoms with Crippen LogP contribution in [-0.2, 0) is 0 Å². The fourth-order valence-corrected chi connectivity index (χ4v) is 9.53. The van der Waals surface area contributed by atoms with Gasteiger partial charge < -0.3 is 9.32 Å². The summed E-state index contributed by atoms with van der Waals surface area (Å²) in [6, 6.07) is 85.5. The van der Waals surface area contributed by atoms with Gasteiger partial charge in [-0.05, 0) is 120 Å². The lowest BCUT2D eigenvalue weighted by Gasteiger charge is -2.26. The molecule has 0 radical (unpaired) electrons. The maximum atomic E-state index is 6.45. The van der Waals surface area contributed by atoms with Crippen LogP contribution in [0.2, 0.25) is 0 Å². The van der Waals surface area contributed by atoms with Crippen LogP contribution < -0.4 is 4.90 Å². The molecule has 0 saturated carbocycles. The van der Waals surface area contributed by atoms with E-state index in [1.54, 1.807) is 0 Å². The zero-order valence-corrected chi connectivity index (χ0v) is 33.9. The molecule has 2 nitrogen and oxygen atoms in total. The van der Waals surface area contributed by atoms with E-state index in [2.05, 4.69) is 229 Å². The van der Waals surface area contributed by atoms with Gasteiger partial charge in [0.2, 0.25) is 0 Å². The summed E-state index contributed by atoms with van der Waals surface area (Å²) in [7, 11) is 0. The van der Waals surface area contributed by atoms with Crippen molar-refractivity contribution in [1.82, 2.24) is 0 Å². The highest BCUT2D eigenvalue weighted by Gasteiger charge is 2.20. The van der Waals surface area contributed by atoms with Crippen LogP contribution in [0, 0.1) is 0 Å². The van der Waals surface area contributed by atoms with Gasteiger partial charge in [0, 0.05) is 33.4 Å². The molecule has 0 aliphatic heterocycles.